The Hall–Kier alpha value is -1.48. The van der Waals surface area contributed by atoms with E-state index in [9.17, 15) is 0 Å². The Labute approximate surface area is 186 Å². The van der Waals surface area contributed by atoms with Gasteiger partial charge in [0.25, 0.3) is 0 Å². The topological polar surface area (TPSA) is 68.9 Å². The summed E-state index contributed by atoms with van der Waals surface area (Å²) in [6.07, 6.45) is 0. The van der Waals surface area contributed by atoms with Crippen molar-refractivity contribution in [2.45, 2.75) is 25.8 Å². The van der Waals surface area contributed by atoms with Crippen molar-refractivity contribution in [2.75, 3.05) is 20.8 Å². The smallest absolute Gasteiger partial charge is 0.188 e. The molecule has 2 rings (SSSR count). The molecule has 2 aromatic carbocycles. The predicted octanol–water partition coefficient (Wildman–Crippen LogP) is 4.47. The molecule has 0 aliphatic carbocycles. The molecular weight excluding hydrogens is 521 g/mol. The molecule has 2 aromatic rings. The molecule has 0 unspecified atom stereocenters. The lowest BCUT2D eigenvalue weighted by molar-refractivity contribution is 0.354. The van der Waals surface area contributed by atoms with Gasteiger partial charge in [-0.3, -0.25) is 0 Å². The lowest BCUT2D eigenvalue weighted by atomic mass is 9.85. The molecule has 0 saturated carbocycles. The van der Waals surface area contributed by atoms with Crippen molar-refractivity contribution in [3.63, 3.8) is 0 Å². The summed E-state index contributed by atoms with van der Waals surface area (Å²) in [5.41, 5.74) is 8.20. The van der Waals surface area contributed by atoms with Gasteiger partial charge in [0, 0.05) is 16.4 Å². The lowest BCUT2D eigenvalue weighted by Gasteiger charge is -2.26. The fourth-order valence-electron chi connectivity index (χ4n) is 2.53. The Kier molecular flexibility index (Phi) is 9.38. The molecule has 0 amide bonds. The quantitative estimate of drug-likeness (QED) is 0.305. The van der Waals surface area contributed by atoms with E-state index in [2.05, 4.69) is 52.2 Å². The maximum absolute atomic E-state index is 6.03. The number of ether oxygens (including phenoxy) is 2. The van der Waals surface area contributed by atoms with Crippen molar-refractivity contribution in [2.24, 2.45) is 10.7 Å². The number of rotatable bonds is 7. The molecule has 0 spiro atoms. The van der Waals surface area contributed by atoms with Gasteiger partial charge in [0.15, 0.2) is 17.5 Å². The largest absolute Gasteiger partial charge is 0.493 e. The Morgan fingerprint density at radius 3 is 2.30 bits per heavy atom. The van der Waals surface area contributed by atoms with E-state index in [4.69, 9.17) is 15.2 Å². The molecule has 148 valence electrons. The van der Waals surface area contributed by atoms with Crippen LogP contribution in [0, 0.1) is 0 Å². The van der Waals surface area contributed by atoms with E-state index in [-0.39, 0.29) is 29.4 Å². The molecule has 3 N–H and O–H groups in total. The first-order valence-corrected chi connectivity index (χ1v) is 9.16. The minimum absolute atomic E-state index is 0. The second kappa shape index (κ2) is 10.8. The van der Waals surface area contributed by atoms with Crippen LogP contribution < -0.4 is 20.5 Å². The number of nitrogens with one attached hydrogen (secondary N) is 1. The van der Waals surface area contributed by atoms with Gasteiger partial charge < -0.3 is 20.5 Å². The highest BCUT2D eigenvalue weighted by atomic mass is 127. The van der Waals surface area contributed by atoms with E-state index in [1.54, 1.807) is 14.2 Å². The highest BCUT2D eigenvalue weighted by Crippen LogP contribution is 2.28. The van der Waals surface area contributed by atoms with Gasteiger partial charge in [-0.1, -0.05) is 48.0 Å². The number of aliphatic imine (C=N–C) groups is 1. The van der Waals surface area contributed by atoms with E-state index in [0.717, 1.165) is 10.0 Å². The van der Waals surface area contributed by atoms with Crippen molar-refractivity contribution in [3.8, 4) is 11.5 Å². The van der Waals surface area contributed by atoms with Gasteiger partial charge in [-0.2, -0.15) is 0 Å². The highest BCUT2D eigenvalue weighted by molar-refractivity contribution is 14.0. The van der Waals surface area contributed by atoms with Gasteiger partial charge in [0.1, 0.15) is 0 Å². The molecule has 0 aliphatic heterocycles. The van der Waals surface area contributed by atoms with Crippen molar-refractivity contribution < 1.29 is 9.47 Å². The third-order valence-electron chi connectivity index (χ3n) is 4.22. The van der Waals surface area contributed by atoms with Crippen LogP contribution in [0.15, 0.2) is 51.9 Å². The molecule has 0 radical (unpaired) electrons. The summed E-state index contributed by atoms with van der Waals surface area (Å²) < 4.78 is 11.6. The molecule has 0 heterocycles. The van der Waals surface area contributed by atoms with Gasteiger partial charge in [-0.05, 0) is 35.4 Å². The molecule has 5 nitrogen and oxygen atoms in total. The molecule has 0 aliphatic rings. The standard InChI is InChI=1S/C20H26BrN3O2.HI/c1-20(2,15-6-8-16(21)9-7-15)13-24-19(22)23-12-14-5-10-17(25-3)18(11-14)26-4;/h5-11H,12-13H2,1-4H3,(H3,22,23,24);1H. The average Bonchev–Trinajstić information content (AvgIpc) is 2.64. The summed E-state index contributed by atoms with van der Waals surface area (Å²) in [7, 11) is 3.23. The van der Waals surface area contributed by atoms with Crippen molar-refractivity contribution >= 4 is 45.9 Å². The van der Waals surface area contributed by atoms with E-state index in [1.807, 2.05) is 30.3 Å². The Bertz CT molecular complexity index is 764. The number of halogens is 2. The van der Waals surface area contributed by atoms with Crippen LogP contribution in [0.3, 0.4) is 0 Å². The number of nitrogens with zero attached hydrogens (tertiary/aromatic N) is 1. The summed E-state index contributed by atoms with van der Waals surface area (Å²) in [6.45, 7) is 5.50. The van der Waals surface area contributed by atoms with E-state index < -0.39 is 0 Å². The lowest BCUT2D eigenvalue weighted by Crippen LogP contribution is -2.40. The third-order valence-corrected chi connectivity index (χ3v) is 4.75. The molecule has 27 heavy (non-hydrogen) atoms. The second-order valence-electron chi connectivity index (χ2n) is 6.64. The van der Waals surface area contributed by atoms with Crippen molar-refractivity contribution in [1.82, 2.24) is 5.32 Å². The average molecular weight is 548 g/mol. The second-order valence-corrected chi connectivity index (χ2v) is 7.55. The first-order chi connectivity index (χ1) is 12.4. The van der Waals surface area contributed by atoms with Gasteiger partial charge in [-0.25, -0.2) is 4.99 Å². The summed E-state index contributed by atoms with van der Waals surface area (Å²) in [5.74, 6) is 1.80. The number of hydrogen-bond donors (Lipinski definition) is 2. The first-order valence-electron chi connectivity index (χ1n) is 8.36. The minimum Gasteiger partial charge on any atom is -0.493 e. The first kappa shape index (κ1) is 23.6. The zero-order valence-corrected chi connectivity index (χ0v) is 20.0. The van der Waals surface area contributed by atoms with Crippen LogP contribution in [0.1, 0.15) is 25.0 Å². The van der Waals surface area contributed by atoms with E-state index in [1.165, 1.54) is 5.56 Å². The van der Waals surface area contributed by atoms with Crippen LogP contribution in [0.4, 0.5) is 0 Å². The molecule has 0 fully saturated rings. The van der Waals surface area contributed by atoms with E-state index >= 15 is 0 Å². The normalized spacial score (nSPS) is 11.5. The van der Waals surface area contributed by atoms with Gasteiger partial charge in [0.05, 0.1) is 20.8 Å². The number of guanidine groups is 1. The fraction of sp³-hybridized carbons (Fsp3) is 0.350. The van der Waals surface area contributed by atoms with Gasteiger partial charge in [0.2, 0.25) is 0 Å². The van der Waals surface area contributed by atoms with Crippen LogP contribution in [0.5, 0.6) is 11.5 Å². The highest BCUT2D eigenvalue weighted by Gasteiger charge is 2.20. The summed E-state index contributed by atoms with van der Waals surface area (Å²) in [5, 5.41) is 3.22. The molecule has 0 atom stereocenters. The number of hydrogen-bond acceptors (Lipinski definition) is 3. The molecule has 0 saturated heterocycles. The van der Waals surface area contributed by atoms with Crippen LogP contribution in [-0.2, 0) is 12.0 Å². The molecule has 0 bridgehead atoms. The molecular formula is C20H27BrIN3O2. The van der Waals surface area contributed by atoms with Crippen molar-refractivity contribution in [3.05, 3.63) is 58.1 Å². The number of nitrogens with two attached hydrogens (primary N) is 1. The van der Waals surface area contributed by atoms with Crippen LogP contribution in [0.2, 0.25) is 0 Å². The van der Waals surface area contributed by atoms with Crippen LogP contribution in [0.25, 0.3) is 0 Å². The summed E-state index contributed by atoms with van der Waals surface area (Å²) in [6, 6.07) is 14.0. The monoisotopic (exact) mass is 547 g/mol. The van der Waals surface area contributed by atoms with Crippen molar-refractivity contribution in [1.29, 1.82) is 0 Å². The minimum atomic E-state index is -0.0653. The number of benzene rings is 2. The zero-order chi connectivity index (χ0) is 19.2. The molecule has 7 heteroatoms. The Morgan fingerprint density at radius 2 is 1.70 bits per heavy atom. The summed E-state index contributed by atoms with van der Waals surface area (Å²) in [4.78, 5) is 4.42. The van der Waals surface area contributed by atoms with Gasteiger partial charge in [-0.15, -0.1) is 24.0 Å². The number of methoxy groups -OCH3 is 2. The Balaban J connectivity index is 0.00000364. The maximum atomic E-state index is 6.03. The third kappa shape index (κ3) is 6.88. The maximum Gasteiger partial charge on any atom is 0.188 e. The molecule has 0 aromatic heterocycles. The Morgan fingerprint density at radius 1 is 1.07 bits per heavy atom. The fourth-order valence-corrected chi connectivity index (χ4v) is 2.79. The van der Waals surface area contributed by atoms with Crippen LogP contribution in [-0.4, -0.2) is 26.7 Å². The SMILES string of the molecule is COc1ccc(CN=C(N)NCC(C)(C)c2ccc(Br)cc2)cc1OC.I. The zero-order valence-electron chi connectivity index (χ0n) is 16.1. The predicted molar refractivity (Wildman–Crippen MR) is 125 cm³/mol. The van der Waals surface area contributed by atoms with Crippen LogP contribution >= 0.6 is 39.9 Å². The summed E-state index contributed by atoms with van der Waals surface area (Å²) >= 11 is 3.46. The van der Waals surface area contributed by atoms with E-state index in [0.29, 0.717) is 30.5 Å². The van der Waals surface area contributed by atoms with Gasteiger partial charge >= 0.3 is 0 Å².